The molecule has 0 amide bonds. The van der Waals surface area contributed by atoms with Crippen molar-refractivity contribution in [3.8, 4) is 5.88 Å². The fraction of sp³-hybridized carbons (Fsp3) is 0.441. The summed E-state index contributed by atoms with van der Waals surface area (Å²) in [5, 5.41) is 5.85. The first-order valence-electron chi connectivity index (χ1n) is 25.6. The summed E-state index contributed by atoms with van der Waals surface area (Å²) in [7, 11) is 5.30. The number of nitrogens with two attached hydrogens (primary N) is 3. The third-order valence-electron chi connectivity index (χ3n) is 11.1. The lowest BCUT2D eigenvalue weighted by molar-refractivity contribution is 0.397. The summed E-state index contributed by atoms with van der Waals surface area (Å²) < 4.78 is 4.94. The van der Waals surface area contributed by atoms with Gasteiger partial charge in [0.25, 0.3) is 0 Å². The quantitative estimate of drug-likeness (QED) is 0.0759. The molecule has 0 fully saturated rings. The molecule has 8 N–H and O–H groups in total. The number of benzene rings is 1. The van der Waals surface area contributed by atoms with Crippen LogP contribution in [0.1, 0.15) is 190 Å². The van der Waals surface area contributed by atoms with Gasteiger partial charge in [0.15, 0.2) is 0 Å². The molecule has 0 atom stereocenters. The molecule has 15 heteroatoms. The van der Waals surface area contributed by atoms with E-state index < -0.39 is 0 Å². The number of methoxy groups -OCH3 is 1. The Kier molecular flexibility index (Phi) is 31.3. The van der Waals surface area contributed by atoms with Gasteiger partial charge in [0.1, 0.15) is 17.5 Å². The number of hydrogen-bond acceptors (Lipinski definition) is 15. The minimum absolute atomic E-state index is 0.337. The molecule has 0 unspecified atom stereocenters. The standard InChI is InChI=1S/2C9H14N2.C9H13NO.C9H13N.C8H13N3.C8H12N2.C7H11N3/c1-7(2)8-4-5-9(10-3)11-6-8;1-4-9-10-5-8(6-11-9)7(2)3;1-7(2)8-4-5-9(11-3)10-6-8;1-7(2)8-3-5-9(10)6-4-8;1-6(2)7-4-10-8(9-3)11-5-7;1-6(2)7-3-4-8(9)10-5-7;1-5(2)6-3-9-7(8)10-4-6/h4-7H,1-3H3,(H,10,11);5-7H,4H2,1-3H3;4-7H,1-3H3;3-7H,10H2,1-2H3;4-6H,1-3H3,(H,9,10,11);3-6H,1-2H3,(H2,9,10);3-5H,1-2H3,(H2,8,9,10). The Morgan fingerprint density at radius 3 is 1.08 bits per heavy atom. The Balaban J connectivity index is 0.000000432. The van der Waals surface area contributed by atoms with Gasteiger partial charge in [0.2, 0.25) is 17.8 Å². The zero-order valence-electron chi connectivity index (χ0n) is 47.9. The first-order valence-corrected chi connectivity index (χ1v) is 25.6. The SMILES string of the molecule is CC(C)c1ccc(N)cc1.CC(C)c1ccc(N)nc1.CC(C)c1cnc(N)nc1.CCc1ncc(C(C)C)cn1.CNc1ccc(C(C)C)cn1.CNc1ncc(C(C)C)cn1.COc1ccc(C(C)C)cn1. The normalized spacial score (nSPS) is 10.3. The number of pyridine rings is 3. The number of nitrogens with one attached hydrogen (secondary N) is 2. The van der Waals surface area contributed by atoms with Gasteiger partial charge in [0, 0.05) is 88.0 Å². The molecule has 74 heavy (non-hydrogen) atoms. The lowest BCUT2D eigenvalue weighted by Crippen LogP contribution is -1.97. The molecule has 6 aromatic heterocycles. The van der Waals surface area contributed by atoms with Gasteiger partial charge in [0.05, 0.1) is 7.11 Å². The first-order chi connectivity index (χ1) is 35.0. The highest BCUT2D eigenvalue weighted by molar-refractivity contribution is 5.40. The Labute approximate surface area is 445 Å². The van der Waals surface area contributed by atoms with Crippen molar-refractivity contribution in [1.29, 1.82) is 0 Å². The van der Waals surface area contributed by atoms with Crippen LogP contribution in [0.15, 0.2) is 116 Å². The predicted octanol–water partition coefficient (Wildman–Crippen LogP) is 13.6. The summed E-state index contributed by atoms with van der Waals surface area (Å²) in [5.74, 6) is 7.86. The average Bonchev–Trinajstić information content (AvgIpc) is 3.40. The highest BCUT2D eigenvalue weighted by Gasteiger charge is 2.03. The maximum absolute atomic E-state index is 5.53. The molecule has 15 nitrogen and oxygen atoms in total. The van der Waals surface area contributed by atoms with Crippen LogP contribution in [0.4, 0.5) is 29.2 Å². The molecule has 7 aromatic rings. The van der Waals surface area contributed by atoms with Crippen molar-refractivity contribution in [2.45, 2.75) is 152 Å². The minimum atomic E-state index is 0.337. The first kappa shape index (κ1) is 64.7. The summed E-state index contributed by atoms with van der Waals surface area (Å²) in [6.07, 6.45) is 17.5. The molecule has 7 rings (SSSR count). The molecule has 402 valence electrons. The molecule has 0 aliphatic carbocycles. The molecule has 0 aliphatic heterocycles. The fourth-order valence-electron chi connectivity index (χ4n) is 5.64. The number of rotatable bonds is 11. The van der Waals surface area contributed by atoms with E-state index in [0.717, 1.165) is 29.3 Å². The number of hydrogen-bond donors (Lipinski definition) is 5. The van der Waals surface area contributed by atoms with Crippen molar-refractivity contribution in [3.05, 3.63) is 161 Å². The zero-order chi connectivity index (χ0) is 55.8. The monoisotopic (exact) mass is 1010 g/mol. The van der Waals surface area contributed by atoms with E-state index in [1.165, 1.54) is 33.4 Å². The third kappa shape index (κ3) is 27.0. The van der Waals surface area contributed by atoms with Crippen LogP contribution in [0.25, 0.3) is 0 Å². The summed E-state index contributed by atoms with van der Waals surface area (Å²) in [5.41, 5.74) is 25.7. The van der Waals surface area contributed by atoms with Gasteiger partial charge in [-0.15, -0.1) is 0 Å². The van der Waals surface area contributed by atoms with Crippen molar-refractivity contribution in [2.24, 2.45) is 0 Å². The highest BCUT2D eigenvalue weighted by Crippen LogP contribution is 2.18. The van der Waals surface area contributed by atoms with E-state index >= 15 is 0 Å². The molecule has 6 heterocycles. The van der Waals surface area contributed by atoms with Crippen LogP contribution in [0.3, 0.4) is 0 Å². The maximum Gasteiger partial charge on any atom is 0.222 e. The predicted molar refractivity (Wildman–Crippen MR) is 312 cm³/mol. The van der Waals surface area contributed by atoms with Crippen molar-refractivity contribution >= 4 is 29.2 Å². The Morgan fingerprint density at radius 1 is 0.392 bits per heavy atom. The number of nitrogens with zero attached hydrogens (tertiary/aromatic N) is 9. The van der Waals surface area contributed by atoms with E-state index in [1.807, 2.05) is 99.9 Å². The highest BCUT2D eigenvalue weighted by atomic mass is 16.5. The molecule has 0 saturated carbocycles. The van der Waals surface area contributed by atoms with E-state index in [4.69, 9.17) is 21.9 Å². The molecular weight excluding hydrogens is 921 g/mol. The van der Waals surface area contributed by atoms with Gasteiger partial charge in [-0.1, -0.05) is 134 Å². The van der Waals surface area contributed by atoms with E-state index in [2.05, 4.69) is 178 Å². The lowest BCUT2D eigenvalue weighted by atomic mass is 10.0. The van der Waals surface area contributed by atoms with E-state index in [0.29, 0.717) is 65.0 Å². The second-order valence-electron chi connectivity index (χ2n) is 19.4. The van der Waals surface area contributed by atoms with E-state index in [1.54, 1.807) is 19.5 Å². The van der Waals surface area contributed by atoms with E-state index in [-0.39, 0.29) is 0 Å². The molecule has 0 saturated heterocycles. The third-order valence-corrected chi connectivity index (χ3v) is 11.1. The van der Waals surface area contributed by atoms with Crippen molar-refractivity contribution in [3.63, 3.8) is 0 Å². The summed E-state index contributed by atoms with van der Waals surface area (Å²) in [4.78, 5) is 36.6. The Morgan fingerprint density at radius 2 is 0.757 bits per heavy atom. The van der Waals surface area contributed by atoms with Gasteiger partial charge in [-0.3, -0.25) is 0 Å². The Hall–Kier alpha value is -7.29. The summed E-state index contributed by atoms with van der Waals surface area (Å²) in [6.45, 7) is 32.0. The number of aryl methyl sites for hydroxylation is 1. The average molecular weight is 1010 g/mol. The number of anilines is 5. The largest absolute Gasteiger partial charge is 0.481 e. The maximum atomic E-state index is 5.53. The smallest absolute Gasteiger partial charge is 0.222 e. The fourth-order valence-corrected chi connectivity index (χ4v) is 5.64. The van der Waals surface area contributed by atoms with Crippen LogP contribution in [-0.2, 0) is 6.42 Å². The zero-order valence-corrected chi connectivity index (χ0v) is 47.9. The van der Waals surface area contributed by atoms with Crippen LogP contribution < -0.4 is 32.6 Å². The van der Waals surface area contributed by atoms with Crippen LogP contribution in [-0.4, -0.2) is 66.1 Å². The number of aromatic nitrogens is 9. The summed E-state index contributed by atoms with van der Waals surface area (Å²) >= 11 is 0. The lowest BCUT2D eigenvalue weighted by Gasteiger charge is -2.04. The van der Waals surface area contributed by atoms with E-state index in [9.17, 15) is 0 Å². The van der Waals surface area contributed by atoms with Gasteiger partial charge < -0.3 is 32.6 Å². The van der Waals surface area contributed by atoms with Crippen LogP contribution in [0.5, 0.6) is 5.88 Å². The van der Waals surface area contributed by atoms with Gasteiger partial charge in [-0.2, -0.15) is 0 Å². The summed E-state index contributed by atoms with van der Waals surface area (Å²) in [6, 6.07) is 19.9. The molecule has 1 aromatic carbocycles. The molecule has 0 spiro atoms. The molecule has 0 aliphatic rings. The van der Waals surface area contributed by atoms with Crippen molar-refractivity contribution in [2.75, 3.05) is 49.0 Å². The van der Waals surface area contributed by atoms with Crippen LogP contribution >= 0.6 is 0 Å². The van der Waals surface area contributed by atoms with Crippen molar-refractivity contribution in [1.82, 2.24) is 44.9 Å². The number of ether oxygens (including phenoxy) is 1. The molecular formula is C59H90N14O. The van der Waals surface area contributed by atoms with Crippen LogP contribution in [0, 0.1) is 0 Å². The topological polar surface area (TPSA) is 227 Å². The van der Waals surface area contributed by atoms with Gasteiger partial charge in [-0.05, 0) is 105 Å². The van der Waals surface area contributed by atoms with Gasteiger partial charge in [-0.25, -0.2) is 44.9 Å². The second kappa shape index (κ2) is 35.8. The molecule has 0 radical (unpaired) electrons. The number of nitrogen functional groups attached to an aromatic ring is 3. The molecule has 0 bridgehead atoms. The minimum Gasteiger partial charge on any atom is -0.481 e. The Bertz CT molecular complexity index is 2140. The van der Waals surface area contributed by atoms with Crippen LogP contribution in [0.2, 0.25) is 0 Å². The second-order valence-corrected chi connectivity index (χ2v) is 19.4. The van der Waals surface area contributed by atoms with Gasteiger partial charge >= 0.3 is 0 Å². The van der Waals surface area contributed by atoms with Crippen molar-refractivity contribution < 1.29 is 4.74 Å².